The molecular formula is C24H25Cl2N7O3S. The summed E-state index contributed by atoms with van der Waals surface area (Å²) in [7, 11) is -3.16. The van der Waals surface area contributed by atoms with Crippen LogP contribution < -0.4 is 4.74 Å². The Morgan fingerprint density at radius 3 is 2.68 bits per heavy atom. The Labute approximate surface area is 224 Å². The molecule has 0 saturated carbocycles. The Bertz CT molecular complexity index is 1560. The molecule has 6 rings (SSSR count). The van der Waals surface area contributed by atoms with Gasteiger partial charge in [0, 0.05) is 55.6 Å². The third kappa shape index (κ3) is 4.59. The van der Waals surface area contributed by atoms with Crippen LogP contribution >= 0.6 is 23.2 Å². The van der Waals surface area contributed by atoms with Crippen LogP contribution in [0.25, 0.3) is 22.4 Å². The zero-order chi connectivity index (χ0) is 25.9. The number of sulfonamides is 1. The monoisotopic (exact) mass is 561 g/mol. The number of rotatable bonds is 6. The lowest BCUT2D eigenvalue weighted by molar-refractivity contribution is 0.204. The molecule has 0 amide bonds. The first kappa shape index (κ1) is 24.6. The van der Waals surface area contributed by atoms with Gasteiger partial charge in [-0.1, -0.05) is 23.2 Å². The quantitative estimate of drug-likeness (QED) is 0.362. The lowest BCUT2D eigenvalue weighted by atomic mass is 10.1. The summed E-state index contributed by atoms with van der Waals surface area (Å²) >= 11 is 12.6. The van der Waals surface area contributed by atoms with E-state index in [4.69, 9.17) is 32.9 Å². The second-order valence-corrected chi connectivity index (χ2v) is 12.3. The van der Waals surface area contributed by atoms with Crippen molar-refractivity contribution in [2.24, 2.45) is 0 Å². The Hall–Kier alpha value is -2.70. The Balaban J connectivity index is 1.21. The van der Waals surface area contributed by atoms with Crippen molar-refractivity contribution in [3.05, 3.63) is 57.6 Å². The number of hydrogen-bond acceptors (Lipinski definition) is 7. The SMILES string of the molecule is C[C@@H](Oc1ccc2[nH]nc(-c3nc4c([nH]3)CN([C@@H]3CCN(S(C)(=O)=O)C3)C4)c2c1)c1c(Cl)cncc1Cl. The van der Waals surface area contributed by atoms with Crippen LogP contribution in [0, 0.1) is 0 Å². The number of imidazole rings is 1. The van der Waals surface area contributed by atoms with Crippen molar-refractivity contribution >= 4 is 44.1 Å². The molecule has 10 nitrogen and oxygen atoms in total. The summed E-state index contributed by atoms with van der Waals surface area (Å²) in [6.07, 6.45) is 4.80. The fourth-order valence-electron chi connectivity index (χ4n) is 5.16. The number of aromatic amines is 2. The average molecular weight is 562 g/mol. The number of hydrogen-bond donors (Lipinski definition) is 2. The molecule has 2 aliphatic heterocycles. The number of nitrogens with one attached hydrogen (secondary N) is 2. The number of pyridine rings is 1. The second-order valence-electron chi connectivity index (χ2n) is 9.54. The Morgan fingerprint density at radius 1 is 1.19 bits per heavy atom. The molecule has 2 atom stereocenters. The molecule has 2 N–H and O–H groups in total. The molecule has 37 heavy (non-hydrogen) atoms. The van der Waals surface area contributed by atoms with Crippen LogP contribution in [0.5, 0.6) is 5.75 Å². The highest BCUT2D eigenvalue weighted by molar-refractivity contribution is 7.88. The molecule has 5 heterocycles. The molecule has 194 valence electrons. The van der Waals surface area contributed by atoms with Crippen LogP contribution in [0.15, 0.2) is 30.6 Å². The minimum Gasteiger partial charge on any atom is -0.486 e. The van der Waals surface area contributed by atoms with E-state index in [1.165, 1.54) is 6.26 Å². The Morgan fingerprint density at radius 2 is 1.97 bits per heavy atom. The smallest absolute Gasteiger partial charge is 0.211 e. The maximum absolute atomic E-state index is 11.9. The standard InChI is InChI=1S/C24H25Cl2N7O3S/c1-13(22-17(25)8-27-9-18(22)26)36-15-3-4-19-16(7-15)23(31-30-19)24-28-20-11-32(12-21(20)29-24)14-5-6-33(10-14)37(2,34)35/h3-4,7-9,13-14H,5-6,10-12H2,1-2H3,(H,28,29)(H,30,31)/t13-,14-/m1/s1. The molecule has 0 spiro atoms. The molecule has 4 aromatic rings. The maximum atomic E-state index is 11.9. The van der Waals surface area contributed by atoms with Gasteiger partial charge in [0.1, 0.15) is 17.5 Å². The van der Waals surface area contributed by atoms with Gasteiger partial charge in [0.2, 0.25) is 10.0 Å². The van der Waals surface area contributed by atoms with Gasteiger partial charge in [0.25, 0.3) is 0 Å². The molecule has 0 aliphatic carbocycles. The topological polar surface area (TPSA) is 120 Å². The van der Waals surface area contributed by atoms with Gasteiger partial charge in [-0.25, -0.2) is 17.7 Å². The van der Waals surface area contributed by atoms with Gasteiger partial charge in [-0.2, -0.15) is 5.10 Å². The number of H-pyrrole nitrogens is 2. The molecule has 3 aromatic heterocycles. The fourth-order valence-corrected chi connectivity index (χ4v) is 6.71. The summed E-state index contributed by atoms with van der Waals surface area (Å²) in [5.41, 5.74) is 4.25. The Kier molecular flexibility index (Phi) is 6.15. The number of ether oxygens (including phenoxy) is 1. The lowest BCUT2D eigenvalue weighted by Gasteiger charge is -2.23. The van der Waals surface area contributed by atoms with E-state index >= 15 is 0 Å². The predicted molar refractivity (Wildman–Crippen MR) is 141 cm³/mol. The molecule has 0 radical (unpaired) electrons. The average Bonchev–Trinajstić information content (AvgIpc) is 3.60. The molecule has 1 saturated heterocycles. The van der Waals surface area contributed by atoms with E-state index in [0.717, 1.165) is 28.7 Å². The van der Waals surface area contributed by atoms with Crippen molar-refractivity contribution in [1.29, 1.82) is 0 Å². The van der Waals surface area contributed by atoms with Gasteiger partial charge >= 0.3 is 0 Å². The van der Waals surface area contributed by atoms with Crippen molar-refractivity contribution in [2.45, 2.75) is 38.6 Å². The molecular weight excluding hydrogens is 537 g/mol. The van der Waals surface area contributed by atoms with E-state index < -0.39 is 10.0 Å². The summed E-state index contributed by atoms with van der Waals surface area (Å²) in [6, 6.07) is 5.89. The van der Waals surface area contributed by atoms with Crippen LogP contribution in [0.3, 0.4) is 0 Å². The van der Waals surface area contributed by atoms with Gasteiger partial charge in [-0.05, 0) is 31.5 Å². The molecule has 2 aliphatic rings. The van der Waals surface area contributed by atoms with Crippen LogP contribution in [-0.2, 0) is 23.1 Å². The highest BCUT2D eigenvalue weighted by Gasteiger charge is 2.36. The first-order chi connectivity index (χ1) is 17.7. The number of halogens is 2. The summed E-state index contributed by atoms with van der Waals surface area (Å²) in [5.74, 6) is 1.33. The van der Waals surface area contributed by atoms with E-state index in [1.807, 2.05) is 25.1 Å². The summed E-state index contributed by atoms with van der Waals surface area (Å²) in [6.45, 7) is 4.35. The normalized spacial score (nSPS) is 19.5. The summed E-state index contributed by atoms with van der Waals surface area (Å²) in [4.78, 5) is 14.6. The highest BCUT2D eigenvalue weighted by atomic mass is 35.5. The van der Waals surface area contributed by atoms with Crippen molar-refractivity contribution in [2.75, 3.05) is 19.3 Å². The molecule has 13 heteroatoms. The molecule has 1 aromatic carbocycles. The first-order valence-corrected chi connectivity index (χ1v) is 14.5. The zero-order valence-electron chi connectivity index (χ0n) is 20.2. The summed E-state index contributed by atoms with van der Waals surface area (Å²) < 4.78 is 31.5. The van der Waals surface area contributed by atoms with Crippen molar-refractivity contribution in [3.8, 4) is 17.3 Å². The molecule has 1 fully saturated rings. The first-order valence-electron chi connectivity index (χ1n) is 11.9. The van der Waals surface area contributed by atoms with E-state index in [0.29, 0.717) is 59.1 Å². The second kappa shape index (κ2) is 9.25. The van der Waals surface area contributed by atoms with Gasteiger partial charge in [0.05, 0.1) is 33.2 Å². The van der Waals surface area contributed by atoms with Gasteiger partial charge in [-0.15, -0.1) is 0 Å². The predicted octanol–water partition coefficient (Wildman–Crippen LogP) is 4.14. The van der Waals surface area contributed by atoms with Crippen LogP contribution in [-0.4, -0.2) is 68.2 Å². The van der Waals surface area contributed by atoms with Crippen LogP contribution in [0.2, 0.25) is 10.0 Å². The largest absolute Gasteiger partial charge is 0.486 e. The maximum Gasteiger partial charge on any atom is 0.211 e. The molecule has 0 bridgehead atoms. The van der Waals surface area contributed by atoms with E-state index in [9.17, 15) is 8.42 Å². The van der Waals surface area contributed by atoms with E-state index in [1.54, 1.807) is 16.7 Å². The third-order valence-electron chi connectivity index (χ3n) is 7.06. The van der Waals surface area contributed by atoms with Gasteiger partial charge < -0.3 is 9.72 Å². The van der Waals surface area contributed by atoms with Crippen molar-refractivity contribution in [3.63, 3.8) is 0 Å². The van der Waals surface area contributed by atoms with Gasteiger partial charge in [-0.3, -0.25) is 15.0 Å². The highest BCUT2D eigenvalue weighted by Crippen LogP contribution is 2.35. The minimum absolute atomic E-state index is 0.191. The molecule has 0 unspecified atom stereocenters. The van der Waals surface area contributed by atoms with E-state index in [-0.39, 0.29) is 12.1 Å². The lowest BCUT2D eigenvalue weighted by Crippen LogP contribution is -2.35. The number of fused-ring (bicyclic) bond motifs is 2. The van der Waals surface area contributed by atoms with E-state index in [2.05, 4.69) is 25.1 Å². The zero-order valence-corrected chi connectivity index (χ0v) is 22.5. The van der Waals surface area contributed by atoms with Crippen LogP contribution in [0.4, 0.5) is 0 Å². The van der Waals surface area contributed by atoms with Crippen molar-refractivity contribution in [1.82, 2.24) is 34.4 Å². The number of benzene rings is 1. The van der Waals surface area contributed by atoms with Crippen LogP contribution in [0.1, 0.15) is 36.4 Å². The van der Waals surface area contributed by atoms with Crippen molar-refractivity contribution < 1.29 is 13.2 Å². The summed E-state index contributed by atoms with van der Waals surface area (Å²) in [5, 5.41) is 9.35. The minimum atomic E-state index is -3.16. The fraction of sp³-hybridized carbons (Fsp3) is 0.375. The number of aromatic nitrogens is 5. The van der Waals surface area contributed by atoms with Gasteiger partial charge in [0.15, 0.2) is 5.82 Å². The number of nitrogens with zero attached hydrogens (tertiary/aromatic N) is 5. The third-order valence-corrected chi connectivity index (χ3v) is 8.93.